The second-order valence-electron chi connectivity index (χ2n) is 9.59. The van der Waals surface area contributed by atoms with Crippen molar-refractivity contribution in [1.29, 1.82) is 0 Å². The van der Waals surface area contributed by atoms with E-state index in [1.54, 1.807) is 0 Å². The highest BCUT2D eigenvalue weighted by Gasteiger charge is 2.55. The maximum Gasteiger partial charge on any atom is 0.308 e. The number of nitrogens with zero attached hydrogens (tertiary/aromatic N) is 2. The van der Waals surface area contributed by atoms with Gasteiger partial charge in [-0.2, -0.15) is 0 Å². The average molecular weight is 520 g/mol. The lowest BCUT2D eigenvalue weighted by Gasteiger charge is -2.40. The molecule has 2 aliphatic heterocycles. The Morgan fingerprint density at radius 1 is 1.06 bits per heavy atom. The highest BCUT2D eigenvalue weighted by molar-refractivity contribution is 9.10. The lowest BCUT2D eigenvalue weighted by molar-refractivity contribution is -0.132. The molecule has 164 valence electrons. The fourth-order valence-corrected chi connectivity index (χ4v) is 9.92. The minimum atomic E-state index is 0.0392. The molecule has 31 heavy (non-hydrogen) atoms. The van der Waals surface area contributed by atoms with Crippen LogP contribution in [0.4, 0.5) is 0 Å². The number of fused-ring (bicyclic) bond motifs is 6. The Bertz CT molecular complexity index is 1060. The second kappa shape index (κ2) is 8.07. The van der Waals surface area contributed by atoms with Crippen molar-refractivity contribution in [3.63, 3.8) is 0 Å². The van der Waals surface area contributed by atoms with Gasteiger partial charge in [0.2, 0.25) is 5.91 Å². The summed E-state index contributed by atoms with van der Waals surface area (Å²) < 4.78 is 2.90. The number of halogens is 1. The Kier molecular flexibility index (Phi) is 5.35. The summed E-state index contributed by atoms with van der Waals surface area (Å²) in [5, 5.41) is 1.66. The van der Waals surface area contributed by atoms with Crippen LogP contribution < -0.4 is 4.87 Å². The zero-order valence-electron chi connectivity index (χ0n) is 17.5. The maximum absolute atomic E-state index is 13.1. The summed E-state index contributed by atoms with van der Waals surface area (Å²) in [5.41, 5.74) is 1.32. The van der Waals surface area contributed by atoms with Crippen molar-refractivity contribution in [2.45, 2.75) is 61.3 Å². The van der Waals surface area contributed by atoms with Crippen LogP contribution in [-0.4, -0.2) is 33.7 Å². The van der Waals surface area contributed by atoms with E-state index in [-0.39, 0.29) is 23.2 Å². The van der Waals surface area contributed by atoms with Crippen LogP contribution in [0.1, 0.15) is 54.9 Å². The molecule has 4 unspecified atom stereocenters. The normalized spacial score (nSPS) is 31.5. The van der Waals surface area contributed by atoms with Gasteiger partial charge >= 0.3 is 4.87 Å². The topological polar surface area (TPSA) is 42.3 Å². The number of benzene rings is 1. The third-order valence-corrected chi connectivity index (χ3v) is 11.3. The first kappa shape index (κ1) is 20.5. The Hall–Kier alpha value is -1.05. The molecule has 4 aliphatic rings. The van der Waals surface area contributed by atoms with Crippen LogP contribution in [0, 0.1) is 17.8 Å². The number of likely N-dealkylation sites (tertiary alicyclic amines) is 1. The van der Waals surface area contributed by atoms with Crippen molar-refractivity contribution in [2.75, 3.05) is 13.1 Å². The monoisotopic (exact) mass is 518 g/mol. The third kappa shape index (κ3) is 3.46. The number of rotatable bonds is 3. The van der Waals surface area contributed by atoms with E-state index in [1.807, 2.05) is 21.2 Å². The van der Waals surface area contributed by atoms with Gasteiger partial charge < -0.3 is 4.90 Å². The maximum atomic E-state index is 13.1. The van der Waals surface area contributed by atoms with Gasteiger partial charge in [-0.3, -0.25) is 14.2 Å². The third-order valence-electron chi connectivity index (χ3n) is 7.92. The number of piperidine rings is 1. The zero-order chi connectivity index (χ0) is 21.1. The molecule has 6 rings (SSSR count). The molecule has 2 aromatic rings. The molecular weight excluding hydrogens is 492 g/mol. The number of thioether (sulfide) groups is 1. The van der Waals surface area contributed by atoms with E-state index in [1.165, 1.54) is 47.5 Å². The molecule has 1 aromatic carbocycles. The Labute approximate surface area is 199 Å². The molecule has 0 radical (unpaired) electrons. The molecule has 0 N–H and O–H groups in total. The molecule has 4 nitrogen and oxygen atoms in total. The number of hydrogen-bond acceptors (Lipinski definition) is 4. The van der Waals surface area contributed by atoms with Gasteiger partial charge in [-0.25, -0.2) is 0 Å². The van der Waals surface area contributed by atoms with Crippen molar-refractivity contribution in [2.24, 2.45) is 17.8 Å². The molecule has 1 aromatic heterocycles. The lowest BCUT2D eigenvalue weighted by atomic mass is 9.75. The van der Waals surface area contributed by atoms with Gasteiger partial charge in [0.1, 0.15) is 6.54 Å². The van der Waals surface area contributed by atoms with E-state index in [0.29, 0.717) is 11.2 Å². The first-order chi connectivity index (χ1) is 15.1. The quantitative estimate of drug-likeness (QED) is 0.550. The van der Waals surface area contributed by atoms with E-state index in [9.17, 15) is 9.59 Å². The number of hydrogen-bond donors (Lipinski definition) is 0. The van der Waals surface area contributed by atoms with Gasteiger partial charge in [-0.1, -0.05) is 39.4 Å². The predicted octanol–water partition coefficient (Wildman–Crippen LogP) is 5.34. The molecule has 2 bridgehead atoms. The second-order valence-corrected chi connectivity index (χ2v) is 12.7. The summed E-state index contributed by atoms with van der Waals surface area (Å²) in [6, 6.07) is 8.70. The molecular formula is C24H27BrN2O2S2. The first-order valence-corrected chi connectivity index (χ1v) is 14.0. The molecule has 5 atom stereocenters. The fraction of sp³-hybridized carbons (Fsp3) is 0.583. The zero-order valence-corrected chi connectivity index (χ0v) is 20.7. The standard InChI is InChI=1S/C24H27BrN2O2S2/c25-17-8-6-14(7-9-17)19-20-15-4-5-16(12-15)21(20)30-23-22(19)31-24(29)27(23)13-18(28)26-10-2-1-3-11-26/h6-9,15-16,19-21H,1-5,10-13H2/t15?,16?,19-,20?,21?/m1/s1. The Balaban J connectivity index is 1.40. The average Bonchev–Trinajstić information content (AvgIpc) is 3.48. The Morgan fingerprint density at radius 2 is 1.81 bits per heavy atom. The van der Waals surface area contributed by atoms with Gasteiger partial charge in [0.05, 0.1) is 5.03 Å². The van der Waals surface area contributed by atoms with Crippen LogP contribution in [-0.2, 0) is 11.3 Å². The molecule has 2 saturated carbocycles. The fourth-order valence-electron chi connectivity index (χ4n) is 6.51. The smallest absolute Gasteiger partial charge is 0.308 e. The van der Waals surface area contributed by atoms with Crippen LogP contribution in [0.15, 0.2) is 38.6 Å². The highest BCUT2D eigenvalue weighted by atomic mass is 79.9. The van der Waals surface area contributed by atoms with Crippen molar-refractivity contribution in [3.8, 4) is 0 Å². The van der Waals surface area contributed by atoms with E-state index in [4.69, 9.17) is 0 Å². The summed E-state index contributed by atoms with van der Waals surface area (Å²) in [7, 11) is 0. The summed E-state index contributed by atoms with van der Waals surface area (Å²) in [4.78, 5) is 29.4. The van der Waals surface area contributed by atoms with Gasteiger partial charge in [0, 0.05) is 33.6 Å². The number of thiazole rings is 1. The van der Waals surface area contributed by atoms with Crippen LogP contribution in [0.5, 0.6) is 0 Å². The minimum Gasteiger partial charge on any atom is -0.341 e. The number of aromatic nitrogens is 1. The summed E-state index contributed by atoms with van der Waals surface area (Å²) in [6.45, 7) is 1.88. The lowest BCUT2D eigenvalue weighted by Crippen LogP contribution is -2.39. The molecule has 3 fully saturated rings. The van der Waals surface area contributed by atoms with Crippen LogP contribution in [0.2, 0.25) is 0 Å². The summed E-state index contributed by atoms with van der Waals surface area (Å²) in [5.74, 6) is 2.53. The van der Waals surface area contributed by atoms with Gasteiger partial charge in [0.15, 0.2) is 0 Å². The minimum absolute atomic E-state index is 0.0392. The van der Waals surface area contributed by atoms with Crippen LogP contribution in [0.25, 0.3) is 0 Å². The molecule has 2 aliphatic carbocycles. The van der Waals surface area contributed by atoms with Gasteiger partial charge in [0.25, 0.3) is 0 Å². The molecule has 7 heteroatoms. The van der Waals surface area contributed by atoms with Gasteiger partial charge in [-0.05, 0) is 74.0 Å². The Morgan fingerprint density at radius 3 is 2.58 bits per heavy atom. The van der Waals surface area contributed by atoms with E-state index in [0.717, 1.165) is 47.3 Å². The number of amides is 1. The molecule has 3 heterocycles. The predicted molar refractivity (Wildman–Crippen MR) is 129 cm³/mol. The molecule has 1 amide bonds. The van der Waals surface area contributed by atoms with Crippen molar-refractivity contribution in [3.05, 3.63) is 48.8 Å². The van der Waals surface area contributed by atoms with E-state index >= 15 is 0 Å². The van der Waals surface area contributed by atoms with Crippen molar-refractivity contribution < 1.29 is 4.79 Å². The summed E-state index contributed by atoms with van der Waals surface area (Å²) in [6.07, 6.45) is 7.35. The first-order valence-electron chi connectivity index (χ1n) is 11.5. The van der Waals surface area contributed by atoms with Crippen LogP contribution >= 0.6 is 39.0 Å². The molecule has 0 spiro atoms. The molecule has 1 saturated heterocycles. The SMILES string of the molecule is O=C(Cn1c2c(sc1=O)[C@H](c1ccc(Br)cc1)C1C3CCC(C3)C1S2)N1CCCCC1. The van der Waals surface area contributed by atoms with Crippen LogP contribution in [0.3, 0.4) is 0 Å². The highest BCUT2D eigenvalue weighted by Crippen LogP contribution is 2.64. The van der Waals surface area contributed by atoms with Crippen molar-refractivity contribution >= 4 is 44.9 Å². The number of carbonyl (C=O) groups excluding carboxylic acids is 1. The van der Waals surface area contributed by atoms with Crippen molar-refractivity contribution in [1.82, 2.24) is 9.47 Å². The largest absolute Gasteiger partial charge is 0.341 e. The van der Waals surface area contributed by atoms with E-state index in [2.05, 4.69) is 40.2 Å². The summed E-state index contributed by atoms with van der Waals surface area (Å²) >= 11 is 6.89. The van der Waals surface area contributed by atoms with Gasteiger partial charge in [-0.15, -0.1) is 11.8 Å². The van der Waals surface area contributed by atoms with E-state index < -0.39 is 0 Å². The number of carbonyl (C=O) groups is 1.